The van der Waals surface area contributed by atoms with Gasteiger partial charge in [0, 0.05) is 30.8 Å². The van der Waals surface area contributed by atoms with Crippen LogP contribution in [0.25, 0.3) is 0 Å². The monoisotopic (exact) mass is 294 g/mol. The minimum absolute atomic E-state index is 0.0538. The maximum absolute atomic E-state index is 11.9. The summed E-state index contributed by atoms with van der Waals surface area (Å²) in [4.78, 5) is 24.6. The van der Waals surface area contributed by atoms with Gasteiger partial charge >= 0.3 is 5.97 Å². The van der Waals surface area contributed by atoms with Crippen LogP contribution in [0.1, 0.15) is 24.9 Å². The maximum atomic E-state index is 11.9. The molecule has 7 nitrogen and oxygen atoms in total. The average molecular weight is 294 g/mol. The van der Waals surface area contributed by atoms with Crippen LogP contribution in [0.2, 0.25) is 0 Å². The number of aliphatic carboxylic acids is 1. The number of amides is 1. The van der Waals surface area contributed by atoms with E-state index in [0.29, 0.717) is 18.7 Å². The Bertz CT molecular complexity index is 560. The zero-order valence-electron chi connectivity index (χ0n) is 11.6. The average Bonchev–Trinajstić information content (AvgIpc) is 2.40. The van der Waals surface area contributed by atoms with Crippen molar-refractivity contribution >= 4 is 11.9 Å². The molecule has 1 aliphatic rings. The SMILES string of the molecule is CC(c1ccc(O)cc1O)N1CCNC(=O)C1CC(=O)O. The number of nitrogens with one attached hydrogen (secondary N) is 1. The minimum Gasteiger partial charge on any atom is -0.508 e. The smallest absolute Gasteiger partial charge is 0.305 e. The maximum Gasteiger partial charge on any atom is 0.305 e. The van der Waals surface area contributed by atoms with E-state index in [1.54, 1.807) is 17.9 Å². The molecule has 0 spiro atoms. The quantitative estimate of drug-likeness (QED) is 0.641. The lowest BCUT2D eigenvalue weighted by atomic mass is 10.00. The lowest BCUT2D eigenvalue weighted by Crippen LogP contribution is -2.56. The topological polar surface area (TPSA) is 110 Å². The van der Waals surface area contributed by atoms with Crippen LogP contribution in [0.3, 0.4) is 0 Å². The van der Waals surface area contributed by atoms with Gasteiger partial charge in [-0.05, 0) is 13.0 Å². The molecule has 1 aromatic carbocycles. The lowest BCUT2D eigenvalue weighted by molar-refractivity contribution is -0.143. The van der Waals surface area contributed by atoms with Gasteiger partial charge in [0.1, 0.15) is 17.5 Å². The summed E-state index contributed by atoms with van der Waals surface area (Å²) in [5, 5.41) is 30.9. The molecular weight excluding hydrogens is 276 g/mol. The van der Waals surface area contributed by atoms with Crippen molar-refractivity contribution in [2.45, 2.75) is 25.4 Å². The van der Waals surface area contributed by atoms with E-state index in [1.807, 2.05) is 0 Å². The van der Waals surface area contributed by atoms with E-state index in [9.17, 15) is 19.8 Å². The third kappa shape index (κ3) is 3.25. The number of phenolic OH excluding ortho intramolecular Hbond substituents is 2. The number of aromatic hydroxyl groups is 2. The van der Waals surface area contributed by atoms with Gasteiger partial charge in [-0.25, -0.2) is 0 Å². The first-order chi connectivity index (χ1) is 9.90. The Morgan fingerprint density at radius 2 is 2.19 bits per heavy atom. The second kappa shape index (κ2) is 6.01. The molecule has 2 unspecified atom stereocenters. The first-order valence-electron chi connectivity index (χ1n) is 6.67. The van der Waals surface area contributed by atoms with Crippen molar-refractivity contribution in [3.8, 4) is 11.5 Å². The molecule has 1 heterocycles. The number of phenols is 2. The third-order valence-corrected chi connectivity index (χ3v) is 3.70. The summed E-state index contributed by atoms with van der Waals surface area (Å²) in [7, 11) is 0. The Kier molecular flexibility index (Phi) is 4.32. The second-order valence-electron chi connectivity index (χ2n) is 5.06. The molecule has 0 bridgehead atoms. The fraction of sp³-hybridized carbons (Fsp3) is 0.429. The number of carboxylic acids is 1. The van der Waals surface area contributed by atoms with Gasteiger partial charge in [0.05, 0.1) is 6.42 Å². The number of carbonyl (C=O) groups excluding carboxylic acids is 1. The van der Waals surface area contributed by atoms with Gasteiger partial charge in [0.15, 0.2) is 0 Å². The number of piperazine rings is 1. The normalized spacial score (nSPS) is 20.8. The summed E-state index contributed by atoms with van der Waals surface area (Å²) in [5.41, 5.74) is 0.540. The number of carboxylic acid groups (broad SMARTS) is 1. The number of benzene rings is 1. The highest BCUT2D eigenvalue weighted by Crippen LogP contribution is 2.33. The molecule has 0 aliphatic carbocycles. The molecule has 7 heteroatoms. The van der Waals surface area contributed by atoms with Gasteiger partial charge in [0.25, 0.3) is 0 Å². The van der Waals surface area contributed by atoms with E-state index in [-0.39, 0.29) is 29.9 Å². The molecule has 21 heavy (non-hydrogen) atoms. The predicted molar refractivity (Wildman–Crippen MR) is 73.9 cm³/mol. The van der Waals surface area contributed by atoms with Crippen LogP contribution >= 0.6 is 0 Å². The highest BCUT2D eigenvalue weighted by atomic mass is 16.4. The second-order valence-corrected chi connectivity index (χ2v) is 5.06. The zero-order valence-corrected chi connectivity index (χ0v) is 11.6. The highest BCUT2D eigenvalue weighted by molar-refractivity contribution is 5.86. The number of hydrogen-bond donors (Lipinski definition) is 4. The molecule has 1 aliphatic heterocycles. The van der Waals surface area contributed by atoms with Crippen molar-refractivity contribution in [2.24, 2.45) is 0 Å². The molecule has 2 rings (SSSR count). The molecule has 1 aromatic rings. The molecule has 114 valence electrons. The zero-order chi connectivity index (χ0) is 15.6. The van der Waals surface area contributed by atoms with Crippen molar-refractivity contribution in [3.63, 3.8) is 0 Å². The highest BCUT2D eigenvalue weighted by Gasteiger charge is 2.35. The van der Waals surface area contributed by atoms with Gasteiger partial charge in [-0.2, -0.15) is 0 Å². The predicted octanol–water partition coefficient (Wildman–Crippen LogP) is 0.434. The molecule has 0 saturated carbocycles. The fourth-order valence-electron chi connectivity index (χ4n) is 2.64. The number of carbonyl (C=O) groups is 2. The van der Waals surface area contributed by atoms with Crippen molar-refractivity contribution in [1.82, 2.24) is 10.2 Å². The molecule has 1 amide bonds. The van der Waals surface area contributed by atoms with Crippen LogP contribution in [-0.2, 0) is 9.59 Å². The first-order valence-corrected chi connectivity index (χ1v) is 6.67. The minimum atomic E-state index is -1.05. The van der Waals surface area contributed by atoms with Gasteiger partial charge in [0.2, 0.25) is 5.91 Å². The van der Waals surface area contributed by atoms with E-state index in [0.717, 1.165) is 0 Å². The Morgan fingerprint density at radius 3 is 2.81 bits per heavy atom. The van der Waals surface area contributed by atoms with Crippen LogP contribution < -0.4 is 5.32 Å². The summed E-state index contributed by atoms with van der Waals surface area (Å²) in [6.45, 7) is 2.71. The molecule has 0 aromatic heterocycles. The van der Waals surface area contributed by atoms with E-state index in [1.165, 1.54) is 12.1 Å². The summed E-state index contributed by atoms with van der Waals surface area (Å²) in [5.74, 6) is -1.51. The van der Waals surface area contributed by atoms with Crippen LogP contribution in [0.4, 0.5) is 0 Å². The van der Waals surface area contributed by atoms with Crippen LogP contribution in [-0.4, -0.2) is 51.2 Å². The van der Waals surface area contributed by atoms with Crippen LogP contribution in [0, 0.1) is 0 Å². The Morgan fingerprint density at radius 1 is 1.48 bits per heavy atom. The first kappa shape index (κ1) is 15.1. The van der Waals surface area contributed by atoms with Gasteiger partial charge in [-0.3, -0.25) is 14.5 Å². The van der Waals surface area contributed by atoms with Crippen LogP contribution in [0.5, 0.6) is 11.5 Å². The van der Waals surface area contributed by atoms with E-state index in [4.69, 9.17) is 5.11 Å². The molecule has 4 N–H and O–H groups in total. The molecule has 2 atom stereocenters. The van der Waals surface area contributed by atoms with Gasteiger partial charge in [-0.15, -0.1) is 0 Å². The number of hydrogen-bond acceptors (Lipinski definition) is 5. The summed E-state index contributed by atoms with van der Waals surface area (Å²) >= 11 is 0. The van der Waals surface area contributed by atoms with Crippen molar-refractivity contribution in [1.29, 1.82) is 0 Å². The molecule has 0 radical (unpaired) electrons. The molecule has 1 fully saturated rings. The fourth-order valence-corrected chi connectivity index (χ4v) is 2.64. The van der Waals surface area contributed by atoms with E-state index >= 15 is 0 Å². The molecular formula is C14H18N2O5. The largest absolute Gasteiger partial charge is 0.508 e. The summed E-state index contributed by atoms with van der Waals surface area (Å²) in [6.07, 6.45) is -0.297. The van der Waals surface area contributed by atoms with Gasteiger partial charge < -0.3 is 20.6 Å². The van der Waals surface area contributed by atoms with E-state index < -0.39 is 12.0 Å². The Hall–Kier alpha value is -2.28. The summed E-state index contributed by atoms with van der Waals surface area (Å²) < 4.78 is 0. The lowest BCUT2D eigenvalue weighted by Gasteiger charge is -2.38. The standard InChI is InChI=1S/C14H18N2O5/c1-8(10-3-2-9(17)6-12(10)18)16-5-4-15-14(21)11(16)7-13(19)20/h2-3,6,8,11,17-18H,4-5,7H2,1H3,(H,15,21)(H,19,20). The van der Waals surface area contributed by atoms with E-state index in [2.05, 4.69) is 5.32 Å². The number of nitrogens with zero attached hydrogens (tertiary/aromatic N) is 1. The van der Waals surface area contributed by atoms with Crippen molar-refractivity contribution < 1.29 is 24.9 Å². The molecule has 1 saturated heterocycles. The Labute approximate surface area is 121 Å². The van der Waals surface area contributed by atoms with Crippen molar-refractivity contribution in [3.05, 3.63) is 23.8 Å². The third-order valence-electron chi connectivity index (χ3n) is 3.70. The Balaban J connectivity index is 2.27. The van der Waals surface area contributed by atoms with Crippen molar-refractivity contribution in [2.75, 3.05) is 13.1 Å². The van der Waals surface area contributed by atoms with Crippen LogP contribution in [0.15, 0.2) is 18.2 Å². The summed E-state index contributed by atoms with van der Waals surface area (Å²) in [6, 6.07) is 3.12. The van der Waals surface area contributed by atoms with Gasteiger partial charge in [-0.1, -0.05) is 6.07 Å². The number of rotatable bonds is 4.